The maximum Gasteiger partial charge on any atom is 0.136 e. The Morgan fingerprint density at radius 3 is 2.41 bits per heavy atom. The zero-order valence-corrected chi connectivity index (χ0v) is 11.6. The summed E-state index contributed by atoms with van der Waals surface area (Å²) in [5.41, 5.74) is 0.907. The highest BCUT2D eigenvalue weighted by Crippen LogP contribution is 2.70. The average molecular weight is 234 g/mol. The van der Waals surface area contributed by atoms with Gasteiger partial charge in [0.25, 0.3) is 0 Å². The lowest BCUT2D eigenvalue weighted by molar-refractivity contribution is -0.128. The van der Waals surface area contributed by atoms with Crippen LogP contribution in [0.1, 0.15) is 65.7 Å². The van der Waals surface area contributed by atoms with Gasteiger partial charge in [0.15, 0.2) is 0 Å². The van der Waals surface area contributed by atoms with Crippen LogP contribution >= 0.6 is 0 Å². The maximum atomic E-state index is 12.2. The average Bonchev–Trinajstić information content (AvgIpc) is 2.62. The van der Waals surface area contributed by atoms with Gasteiger partial charge >= 0.3 is 0 Å². The number of Topliss-reactive ketones (excluding diaryl/α,β-unsaturated/α-hetero) is 1. The van der Waals surface area contributed by atoms with E-state index in [1.54, 1.807) is 0 Å². The smallest absolute Gasteiger partial charge is 0.136 e. The van der Waals surface area contributed by atoms with Crippen molar-refractivity contribution in [3.8, 4) is 0 Å². The van der Waals surface area contributed by atoms with Crippen molar-refractivity contribution in [3.05, 3.63) is 0 Å². The minimum Gasteiger partial charge on any atom is -0.299 e. The highest BCUT2D eigenvalue weighted by atomic mass is 16.1. The summed E-state index contributed by atoms with van der Waals surface area (Å²) in [4.78, 5) is 12.2. The summed E-state index contributed by atoms with van der Waals surface area (Å²) >= 11 is 0. The van der Waals surface area contributed by atoms with Crippen molar-refractivity contribution in [2.24, 2.45) is 28.6 Å². The first-order chi connectivity index (χ1) is 7.97. The van der Waals surface area contributed by atoms with Crippen molar-refractivity contribution < 1.29 is 4.79 Å². The molecule has 0 aliphatic heterocycles. The van der Waals surface area contributed by atoms with Gasteiger partial charge in [-0.05, 0) is 54.8 Å². The highest BCUT2D eigenvalue weighted by Gasteiger charge is 2.63. The summed E-state index contributed by atoms with van der Waals surface area (Å²) in [6.07, 6.45) is 8.57. The Labute approximate surface area is 105 Å². The Morgan fingerprint density at radius 1 is 1.12 bits per heavy atom. The molecule has 3 rings (SSSR count). The van der Waals surface area contributed by atoms with Gasteiger partial charge < -0.3 is 0 Å². The third-order valence-corrected chi connectivity index (χ3v) is 6.95. The molecule has 1 nitrogen and oxygen atoms in total. The third kappa shape index (κ3) is 1.40. The second-order valence-electron chi connectivity index (χ2n) is 7.54. The second-order valence-corrected chi connectivity index (χ2v) is 7.54. The molecule has 4 atom stereocenters. The van der Waals surface area contributed by atoms with Crippen LogP contribution in [0.5, 0.6) is 0 Å². The van der Waals surface area contributed by atoms with E-state index >= 15 is 0 Å². The van der Waals surface area contributed by atoms with Gasteiger partial charge in [0.1, 0.15) is 5.78 Å². The first-order valence-corrected chi connectivity index (χ1v) is 7.49. The first-order valence-electron chi connectivity index (χ1n) is 7.49. The molecule has 3 aliphatic rings. The molecule has 3 aliphatic carbocycles. The van der Waals surface area contributed by atoms with Crippen LogP contribution in [-0.2, 0) is 4.79 Å². The van der Waals surface area contributed by atoms with Gasteiger partial charge in [-0.2, -0.15) is 0 Å². The monoisotopic (exact) mass is 234 g/mol. The first kappa shape index (κ1) is 11.7. The van der Waals surface area contributed by atoms with Crippen LogP contribution in [-0.4, -0.2) is 5.78 Å². The Kier molecular flexibility index (Phi) is 2.48. The summed E-state index contributed by atoms with van der Waals surface area (Å²) < 4.78 is 0. The van der Waals surface area contributed by atoms with Gasteiger partial charge in [0, 0.05) is 12.3 Å². The van der Waals surface area contributed by atoms with E-state index in [0.717, 1.165) is 18.8 Å². The van der Waals surface area contributed by atoms with E-state index in [-0.39, 0.29) is 0 Å². The Balaban J connectivity index is 1.88. The molecule has 17 heavy (non-hydrogen) atoms. The summed E-state index contributed by atoms with van der Waals surface area (Å²) in [7, 11) is 0. The molecular weight excluding hydrogens is 208 g/mol. The van der Waals surface area contributed by atoms with E-state index in [4.69, 9.17) is 0 Å². The van der Waals surface area contributed by atoms with Crippen molar-refractivity contribution in [2.45, 2.75) is 65.7 Å². The molecule has 0 N–H and O–H groups in total. The SMILES string of the molecule is CC1(C)[C@H]2CC[C@@]1(C)[C@@H]([C@@H]1CCCCC1=O)C2. The van der Waals surface area contributed by atoms with E-state index in [2.05, 4.69) is 20.8 Å². The zero-order chi connectivity index (χ0) is 12.3. The van der Waals surface area contributed by atoms with Gasteiger partial charge in [-0.25, -0.2) is 0 Å². The summed E-state index contributed by atoms with van der Waals surface area (Å²) in [6.45, 7) is 7.39. The number of hydrogen-bond acceptors (Lipinski definition) is 1. The number of ketones is 1. The lowest BCUT2D eigenvalue weighted by Gasteiger charge is -2.43. The predicted molar refractivity (Wildman–Crippen MR) is 69.7 cm³/mol. The molecule has 0 heterocycles. The van der Waals surface area contributed by atoms with Gasteiger partial charge in [0.05, 0.1) is 0 Å². The molecule has 0 saturated heterocycles. The van der Waals surface area contributed by atoms with Crippen molar-refractivity contribution in [3.63, 3.8) is 0 Å². The molecule has 0 aromatic rings. The molecule has 3 fully saturated rings. The fraction of sp³-hybridized carbons (Fsp3) is 0.938. The van der Waals surface area contributed by atoms with Crippen LogP contribution in [0.3, 0.4) is 0 Å². The van der Waals surface area contributed by atoms with E-state index in [1.807, 2.05) is 0 Å². The highest BCUT2D eigenvalue weighted by molar-refractivity contribution is 5.82. The van der Waals surface area contributed by atoms with E-state index in [9.17, 15) is 4.79 Å². The third-order valence-electron chi connectivity index (χ3n) is 6.95. The van der Waals surface area contributed by atoms with Crippen molar-refractivity contribution >= 4 is 5.78 Å². The number of fused-ring (bicyclic) bond motifs is 2. The molecule has 0 aromatic heterocycles. The summed E-state index contributed by atoms with van der Waals surface area (Å²) in [5, 5.41) is 0. The molecule has 2 bridgehead atoms. The van der Waals surface area contributed by atoms with Crippen LogP contribution in [0.25, 0.3) is 0 Å². The largest absolute Gasteiger partial charge is 0.299 e. The minimum atomic E-state index is 0.415. The van der Waals surface area contributed by atoms with Crippen LogP contribution in [0.4, 0.5) is 0 Å². The molecule has 3 saturated carbocycles. The van der Waals surface area contributed by atoms with E-state index in [1.165, 1.54) is 32.1 Å². The molecule has 0 amide bonds. The van der Waals surface area contributed by atoms with Gasteiger partial charge in [-0.1, -0.05) is 27.2 Å². The molecule has 0 aromatic carbocycles. The standard InChI is InChI=1S/C16H26O/c1-15(2)11-8-9-16(15,3)13(10-11)12-6-4-5-7-14(12)17/h11-13H,4-10H2,1-3H3/t11-,12-,13+,16-/m0/s1. The predicted octanol–water partition coefficient (Wildman–Crippen LogP) is 4.21. The molecule has 0 spiro atoms. The molecule has 0 radical (unpaired) electrons. The van der Waals surface area contributed by atoms with Gasteiger partial charge in [-0.15, -0.1) is 0 Å². The van der Waals surface area contributed by atoms with Gasteiger partial charge in [-0.3, -0.25) is 4.79 Å². The lowest BCUT2D eigenvalue weighted by atomic mass is 9.61. The van der Waals surface area contributed by atoms with Gasteiger partial charge in [0.2, 0.25) is 0 Å². The van der Waals surface area contributed by atoms with E-state index < -0.39 is 0 Å². The number of carbonyl (C=O) groups excluding carboxylic acids is 1. The summed E-state index contributed by atoms with van der Waals surface area (Å²) in [6, 6.07) is 0. The topological polar surface area (TPSA) is 17.1 Å². The van der Waals surface area contributed by atoms with Crippen molar-refractivity contribution in [2.75, 3.05) is 0 Å². The van der Waals surface area contributed by atoms with Crippen LogP contribution in [0.15, 0.2) is 0 Å². The van der Waals surface area contributed by atoms with Crippen LogP contribution in [0.2, 0.25) is 0 Å². The van der Waals surface area contributed by atoms with Crippen LogP contribution in [0, 0.1) is 28.6 Å². The molecule has 0 unspecified atom stereocenters. The molecule has 96 valence electrons. The summed E-state index contributed by atoms with van der Waals surface area (Å²) in [5.74, 6) is 2.58. The number of carbonyl (C=O) groups is 1. The minimum absolute atomic E-state index is 0.415. The Morgan fingerprint density at radius 2 is 1.88 bits per heavy atom. The van der Waals surface area contributed by atoms with Crippen LogP contribution < -0.4 is 0 Å². The number of hydrogen-bond donors (Lipinski definition) is 0. The van der Waals surface area contributed by atoms with E-state index in [0.29, 0.717) is 28.4 Å². The molecular formula is C16H26O. The second kappa shape index (κ2) is 3.59. The number of rotatable bonds is 1. The van der Waals surface area contributed by atoms with Crippen molar-refractivity contribution in [1.29, 1.82) is 0 Å². The molecule has 1 heteroatoms. The zero-order valence-electron chi connectivity index (χ0n) is 11.6. The fourth-order valence-electron chi connectivity index (χ4n) is 5.31. The quantitative estimate of drug-likeness (QED) is 0.664. The normalized spacial score (nSPS) is 48.6. The lowest BCUT2D eigenvalue weighted by Crippen LogP contribution is -2.39. The fourth-order valence-corrected chi connectivity index (χ4v) is 5.31. The van der Waals surface area contributed by atoms with Crippen molar-refractivity contribution in [1.82, 2.24) is 0 Å². The maximum absolute atomic E-state index is 12.2. The Hall–Kier alpha value is -0.330. The Bertz CT molecular complexity index is 343.